The molecule has 0 aromatic carbocycles. The zero-order valence-electron chi connectivity index (χ0n) is 15.2. The molecule has 9 nitrogen and oxygen atoms in total. The highest BCUT2D eigenvalue weighted by molar-refractivity contribution is 5.62. The summed E-state index contributed by atoms with van der Waals surface area (Å²) in [5, 5.41) is 0. The third kappa shape index (κ3) is 2.84. The second-order valence-electron chi connectivity index (χ2n) is 7.42. The standard InChI is InChI=1S/C19H20N8O/c20-16-6-14(23-10-24-16)12-4-15-13-3-11(8-27(15)18(28)5-12)7-26(9-13)17-1-2-22-19(21)25-17/h1-2,4-6,10-11,13H,3,7-9H2,(H2,20,23,24)(H2,21,22,25)/t11-,13+/m0/s1. The molecule has 5 heterocycles. The van der Waals surface area contributed by atoms with E-state index in [-0.39, 0.29) is 17.4 Å². The van der Waals surface area contributed by atoms with Crippen LogP contribution in [0.15, 0.2) is 41.6 Å². The average Bonchev–Trinajstić information content (AvgIpc) is 2.68. The molecule has 3 aromatic heterocycles. The van der Waals surface area contributed by atoms with E-state index in [9.17, 15) is 4.79 Å². The summed E-state index contributed by atoms with van der Waals surface area (Å²) < 4.78 is 1.90. The van der Waals surface area contributed by atoms with Crippen LogP contribution in [0.25, 0.3) is 11.3 Å². The summed E-state index contributed by atoms with van der Waals surface area (Å²) in [6.45, 7) is 2.33. The molecule has 1 fully saturated rings. The van der Waals surface area contributed by atoms with Crippen molar-refractivity contribution in [3.8, 4) is 11.3 Å². The first-order valence-electron chi connectivity index (χ1n) is 9.23. The van der Waals surface area contributed by atoms with Crippen LogP contribution in [0.3, 0.4) is 0 Å². The van der Waals surface area contributed by atoms with Crippen LogP contribution >= 0.6 is 0 Å². The molecular formula is C19H20N8O. The van der Waals surface area contributed by atoms with Gasteiger partial charge < -0.3 is 20.9 Å². The smallest absolute Gasteiger partial charge is 0.251 e. The molecule has 0 saturated carbocycles. The van der Waals surface area contributed by atoms with E-state index in [0.717, 1.165) is 36.6 Å². The molecule has 0 unspecified atom stereocenters. The van der Waals surface area contributed by atoms with Gasteiger partial charge in [0.05, 0.1) is 5.69 Å². The van der Waals surface area contributed by atoms with Crippen molar-refractivity contribution >= 4 is 17.6 Å². The number of nitrogen functional groups attached to an aromatic ring is 2. The molecule has 28 heavy (non-hydrogen) atoms. The van der Waals surface area contributed by atoms with Gasteiger partial charge in [0.2, 0.25) is 5.95 Å². The molecule has 2 aliphatic heterocycles. The second-order valence-corrected chi connectivity index (χ2v) is 7.42. The number of nitrogens with two attached hydrogens (primary N) is 2. The van der Waals surface area contributed by atoms with Crippen molar-refractivity contribution in [1.82, 2.24) is 24.5 Å². The van der Waals surface area contributed by atoms with Crippen LogP contribution in [0.4, 0.5) is 17.6 Å². The minimum Gasteiger partial charge on any atom is -0.384 e. The Morgan fingerprint density at radius 3 is 2.75 bits per heavy atom. The van der Waals surface area contributed by atoms with Gasteiger partial charge in [0.15, 0.2) is 0 Å². The Bertz CT molecular complexity index is 1110. The summed E-state index contributed by atoms with van der Waals surface area (Å²) in [5.74, 6) is 2.11. The summed E-state index contributed by atoms with van der Waals surface area (Å²) in [4.78, 5) is 31.6. The van der Waals surface area contributed by atoms with Crippen molar-refractivity contribution in [3.63, 3.8) is 0 Å². The second kappa shape index (κ2) is 6.29. The van der Waals surface area contributed by atoms with Gasteiger partial charge in [-0.1, -0.05) is 0 Å². The Morgan fingerprint density at radius 1 is 1.04 bits per heavy atom. The van der Waals surface area contributed by atoms with Crippen molar-refractivity contribution in [2.45, 2.75) is 18.9 Å². The highest BCUT2D eigenvalue weighted by Gasteiger charge is 2.35. The summed E-state index contributed by atoms with van der Waals surface area (Å²) in [7, 11) is 0. The number of pyridine rings is 1. The van der Waals surface area contributed by atoms with Gasteiger partial charge in [0, 0.05) is 55.1 Å². The predicted molar refractivity (Wildman–Crippen MR) is 106 cm³/mol. The first kappa shape index (κ1) is 16.7. The fourth-order valence-electron chi connectivity index (χ4n) is 4.36. The maximum atomic E-state index is 12.8. The minimum atomic E-state index is -0.000820. The van der Waals surface area contributed by atoms with Gasteiger partial charge in [-0.25, -0.2) is 15.0 Å². The first-order chi connectivity index (χ1) is 13.6. The van der Waals surface area contributed by atoms with Crippen LogP contribution < -0.4 is 21.9 Å². The number of fused-ring (bicyclic) bond motifs is 4. The monoisotopic (exact) mass is 376 g/mol. The van der Waals surface area contributed by atoms with E-state index < -0.39 is 0 Å². The summed E-state index contributed by atoms with van der Waals surface area (Å²) in [6, 6.07) is 7.26. The number of rotatable bonds is 2. The van der Waals surface area contributed by atoms with E-state index in [2.05, 4.69) is 30.9 Å². The lowest BCUT2D eigenvalue weighted by molar-refractivity contribution is 0.281. The van der Waals surface area contributed by atoms with E-state index >= 15 is 0 Å². The average molecular weight is 376 g/mol. The minimum absolute atomic E-state index is 0.000820. The summed E-state index contributed by atoms with van der Waals surface area (Å²) in [5.41, 5.74) is 14.0. The molecular weight excluding hydrogens is 356 g/mol. The van der Waals surface area contributed by atoms with E-state index in [1.165, 1.54) is 6.33 Å². The number of aromatic nitrogens is 5. The van der Waals surface area contributed by atoms with Crippen molar-refractivity contribution in [3.05, 3.63) is 52.8 Å². The molecule has 9 heteroatoms. The molecule has 0 amide bonds. The molecule has 2 atom stereocenters. The van der Waals surface area contributed by atoms with Gasteiger partial charge in [-0.15, -0.1) is 0 Å². The lowest BCUT2D eigenvalue weighted by atomic mass is 9.82. The lowest BCUT2D eigenvalue weighted by Gasteiger charge is -2.43. The first-order valence-corrected chi connectivity index (χ1v) is 9.23. The van der Waals surface area contributed by atoms with E-state index in [1.54, 1.807) is 18.3 Å². The van der Waals surface area contributed by atoms with Crippen LogP contribution in [0, 0.1) is 5.92 Å². The Morgan fingerprint density at radius 2 is 1.93 bits per heavy atom. The summed E-state index contributed by atoms with van der Waals surface area (Å²) >= 11 is 0. The van der Waals surface area contributed by atoms with Crippen molar-refractivity contribution in [1.29, 1.82) is 0 Å². The quantitative estimate of drug-likeness (QED) is 0.674. The lowest BCUT2D eigenvalue weighted by Crippen LogP contribution is -2.47. The number of nitrogens with zero attached hydrogens (tertiary/aromatic N) is 6. The van der Waals surface area contributed by atoms with Gasteiger partial charge in [-0.2, -0.15) is 4.98 Å². The Hall–Kier alpha value is -3.49. The zero-order valence-corrected chi connectivity index (χ0v) is 15.2. The third-order valence-corrected chi connectivity index (χ3v) is 5.52. The number of piperidine rings is 1. The number of hydrogen-bond donors (Lipinski definition) is 2. The van der Waals surface area contributed by atoms with Crippen LogP contribution in [-0.2, 0) is 6.54 Å². The molecule has 5 rings (SSSR count). The molecule has 0 aliphatic carbocycles. The molecule has 142 valence electrons. The molecule has 0 spiro atoms. The molecule has 4 N–H and O–H groups in total. The third-order valence-electron chi connectivity index (χ3n) is 5.52. The Kier molecular flexibility index (Phi) is 3.75. The highest BCUT2D eigenvalue weighted by Crippen LogP contribution is 2.37. The van der Waals surface area contributed by atoms with Gasteiger partial charge in [0.25, 0.3) is 5.56 Å². The molecule has 2 bridgehead atoms. The largest absolute Gasteiger partial charge is 0.384 e. The van der Waals surface area contributed by atoms with Crippen molar-refractivity contribution < 1.29 is 0 Å². The van der Waals surface area contributed by atoms with Crippen molar-refractivity contribution in [2.24, 2.45) is 5.92 Å². The van der Waals surface area contributed by atoms with Gasteiger partial charge in [0.1, 0.15) is 18.0 Å². The normalized spacial score (nSPS) is 20.6. The highest BCUT2D eigenvalue weighted by atomic mass is 16.1. The van der Waals surface area contributed by atoms with Gasteiger partial charge in [-0.05, 0) is 24.5 Å². The molecule has 2 aliphatic rings. The summed E-state index contributed by atoms with van der Waals surface area (Å²) in [6.07, 6.45) is 4.14. The molecule has 1 saturated heterocycles. The van der Waals surface area contributed by atoms with Crippen LogP contribution in [0.2, 0.25) is 0 Å². The number of hydrogen-bond acceptors (Lipinski definition) is 8. The van der Waals surface area contributed by atoms with E-state index in [0.29, 0.717) is 24.0 Å². The topological polar surface area (TPSA) is 129 Å². The Labute approximate surface area is 161 Å². The van der Waals surface area contributed by atoms with Gasteiger partial charge in [-0.3, -0.25) is 4.79 Å². The predicted octanol–water partition coefficient (Wildman–Crippen LogP) is 0.883. The van der Waals surface area contributed by atoms with Gasteiger partial charge >= 0.3 is 0 Å². The van der Waals surface area contributed by atoms with E-state index in [4.69, 9.17) is 11.5 Å². The Balaban J connectivity index is 1.54. The number of anilines is 3. The zero-order chi connectivity index (χ0) is 19.3. The van der Waals surface area contributed by atoms with E-state index in [1.807, 2.05) is 10.6 Å². The van der Waals surface area contributed by atoms with Crippen molar-refractivity contribution in [2.75, 3.05) is 29.5 Å². The van der Waals surface area contributed by atoms with Crippen LogP contribution in [0.5, 0.6) is 0 Å². The SMILES string of the molecule is Nc1cc(-c2cc3n(c(=O)c2)C[C@H]2C[C@@H]3CN(c3ccnc(N)n3)C2)ncn1. The fraction of sp³-hybridized carbons (Fsp3) is 0.316. The fourth-order valence-corrected chi connectivity index (χ4v) is 4.36. The van der Waals surface area contributed by atoms with Crippen LogP contribution in [-0.4, -0.2) is 37.6 Å². The maximum Gasteiger partial charge on any atom is 0.251 e. The maximum absolute atomic E-state index is 12.8. The molecule has 3 aromatic rings. The molecule has 0 radical (unpaired) electrons. The van der Waals surface area contributed by atoms with Crippen LogP contribution in [0.1, 0.15) is 18.0 Å².